The molecule has 23 heavy (non-hydrogen) atoms. The van der Waals surface area contributed by atoms with Crippen molar-refractivity contribution < 1.29 is 28.8 Å². The van der Waals surface area contributed by atoms with Crippen LogP contribution in [-0.4, -0.2) is 59.8 Å². The third kappa shape index (κ3) is 2.50. The van der Waals surface area contributed by atoms with Crippen molar-refractivity contribution >= 4 is 28.6 Å². The van der Waals surface area contributed by atoms with Gasteiger partial charge in [0, 0.05) is 0 Å². The molecule has 12 heteroatoms. The summed E-state index contributed by atoms with van der Waals surface area (Å²) in [4.78, 5) is 11.1. The lowest BCUT2D eigenvalue weighted by molar-refractivity contribution is -0.0576. The summed E-state index contributed by atoms with van der Waals surface area (Å²) in [5, 5.41) is 25.0. The fraction of sp³-hybridized carbons (Fsp3) is 0.545. The Kier molecular flexibility index (Phi) is 3.84. The van der Waals surface area contributed by atoms with Gasteiger partial charge in [-0.05, 0) is 11.6 Å². The molecule has 1 aliphatic heterocycles. The van der Waals surface area contributed by atoms with Crippen LogP contribution in [0, 0.1) is 0 Å². The Morgan fingerprint density at radius 1 is 1.35 bits per heavy atom. The van der Waals surface area contributed by atoms with Crippen LogP contribution in [0.4, 0.5) is 14.6 Å². The molecular formula is C11H12ClF2N5O4. The molecule has 0 unspecified atom stereocenters. The fourth-order valence-corrected chi connectivity index (χ4v) is 2.59. The van der Waals surface area contributed by atoms with Gasteiger partial charge in [0.1, 0.15) is 24.6 Å². The van der Waals surface area contributed by atoms with Crippen molar-refractivity contribution in [3.8, 4) is 0 Å². The Bertz CT molecular complexity index is 739. The number of rotatable bonds is 3. The van der Waals surface area contributed by atoms with Crippen LogP contribution in [0.5, 0.6) is 0 Å². The van der Waals surface area contributed by atoms with Gasteiger partial charge < -0.3 is 25.8 Å². The van der Waals surface area contributed by atoms with Gasteiger partial charge >= 0.3 is 5.38 Å². The van der Waals surface area contributed by atoms with Crippen LogP contribution >= 0.6 is 11.6 Å². The molecule has 3 heterocycles. The lowest BCUT2D eigenvalue weighted by Gasteiger charge is -2.20. The van der Waals surface area contributed by atoms with E-state index in [2.05, 4.69) is 15.0 Å². The van der Waals surface area contributed by atoms with E-state index in [9.17, 15) is 19.0 Å². The summed E-state index contributed by atoms with van der Waals surface area (Å²) in [6.07, 6.45) is -4.73. The number of halogens is 3. The van der Waals surface area contributed by atoms with Crippen LogP contribution in [0.2, 0.25) is 0 Å². The predicted octanol–water partition coefficient (Wildman–Crippen LogP) is -0.692. The number of nitrogen functional groups attached to an aromatic ring is 1. The maximum Gasteiger partial charge on any atom is 0.380 e. The molecule has 0 amide bonds. The molecule has 3 rings (SSSR count). The van der Waals surface area contributed by atoms with E-state index in [-0.39, 0.29) is 17.0 Å². The maximum absolute atomic E-state index is 13.7. The highest BCUT2D eigenvalue weighted by Crippen LogP contribution is 2.39. The van der Waals surface area contributed by atoms with Gasteiger partial charge in [-0.2, -0.15) is 8.78 Å². The van der Waals surface area contributed by atoms with Crippen molar-refractivity contribution in [3.05, 3.63) is 12.2 Å². The minimum Gasteiger partial charge on any atom is -0.394 e. The van der Waals surface area contributed by atoms with E-state index in [0.29, 0.717) is 0 Å². The van der Waals surface area contributed by atoms with Gasteiger partial charge in [0.25, 0.3) is 0 Å². The summed E-state index contributed by atoms with van der Waals surface area (Å²) < 4.78 is 33.4. The normalized spacial score (nSPS) is 28.6. The average Bonchev–Trinajstić information content (AvgIpc) is 2.99. The standard InChI is InChI=1S/C11H12ClF2N5O4/c12-11(13,14)10-18-4-7(15)16-2-17-8(4)19(10)9-6(22)5(21)3(1-20)23-9/h2-3,5-6,9,20-22H,1H2,(H2,15,16,17)/t3-,5-,6-,9-/m1/s1. The number of hydrogen-bond donors (Lipinski definition) is 4. The maximum atomic E-state index is 13.7. The number of nitrogens with zero attached hydrogens (tertiary/aromatic N) is 4. The predicted molar refractivity (Wildman–Crippen MR) is 72.5 cm³/mol. The zero-order valence-corrected chi connectivity index (χ0v) is 12.1. The number of hydrogen-bond acceptors (Lipinski definition) is 8. The number of ether oxygens (including phenoxy) is 1. The van der Waals surface area contributed by atoms with Crippen LogP contribution < -0.4 is 5.73 Å². The molecule has 2 aromatic heterocycles. The molecule has 0 saturated carbocycles. The number of alkyl halides is 3. The molecule has 1 saturated heterocycles. The molecule has 1 aliphatic rings. The van der Waals surface area contributed by atoms with Gasteiger partial charge in [0.2, 0.25) is 5.82 Å². The molecule has 0 radical (unpaired) electrons. The Balaban J connectivity index is 2.22. The summed E-state index contributed by atoms with van der Waals surface area (Å²) in [5.74, 6) is -1.14. The molecule has 0 bridgehead atoms. The third-order valence-corrected chi connectivity index (χ3v) is 3.70. The van der Waals surface area contributed by atoms with E-state index >= 15 is 0 Å². The van der Waals surface area contributed by atoms with Crippen LogP contribution in [0.1, 0.15) is 12.1 Å². The quantitative estimate of drug-likeness (QED) is 0.533. The van der Waals surface area contributed by atoms with Crippen molar-refractivity contribution in [2.45, 2.75) is 29.9 Å². The first-order valence-corrected chi connectivity index (χ1v) is 6.81. The van der Waals surface area contributed by atoms with Gasteiger partial charge in [-0.25, -0.2) is 15.0 Å². The second-order valence-corrected chi connectivity index (χ2v) is 5.44. The van der Waals surface area contributed by atoms with E-state index in [1.165, 1.54) is 0 Å². The van der Waals surface area contributed by atoms with Crippen LogP contribution in [0.25, 0.3) is 11.2 Å². The number of aromatic nitrogens is 4. The first-order valence-electron chi connectivity index (χ1n) is 6.43. The number of aliphatic hydroxyl groups is 3. The summed E-state index contributed by atoms with van der Waals surface area (Å²) in [5.41, 5.74) is 5.29. The molecule has 2 aromatic rings. The van der Waals surface area contributed by atoms with E-state index < -0.39 is 42.4 Å². The van der Waals surface area contributed by atoms with E-state index in [1.807, 2.05) is 0 Å². The molecule has 9 nitrogen and oxygen atoms in total. The topological polar surface area (TPSA) is 140 Å². The molecule has 0 aromatic carbocycles. The molecule has 0 spiro atoms. The van der Waals surface area contributed by atoms with Gasteiger partial charge in [-0.1, -0.05) is 0 Å². The van der Waals surface area contributed by atoms with Crippen molar-refractivity contribution in [1.82, 2.24) is 19.5 Å². The molecule has 1 fully saturated rings. The van der Waals surface area contributed by atoms with Gasteiger partial charge in [0.05, 0.1) is 6.61 Å². The van der Waals surface area contributed by atoms with Crippen LogP contribution in [0.15, 0.2) is 6.33 Å². The highest BCUT2D eigenvalue weighted by molar-refractivity contribution is 6.21. The Labute approximate surface area is 132 Å². The van der Waals surface area contributed by atoms with Crippen molar-refractivity contribution in [1.29, 1.82) is 0 Å². The number of aliphatic hydroxyl groups excluding tert-OH is 3. The Hall–Kier alpha value is -1.66. The minimum atomic E-state index is -3.92. The van der Waals surface area contributed by atoms with Crippen molar-refractivity contribution in [2.75, 3.05) is 12.3 Å². The van der Waals surface area contributed by atoms with E-state index in [4.69, 9.17) is 27.2 Å². The summed E-state index contributed by atoms with van der Waals surface area (Å²) in [6, 6.07) is 0. The van der Waals surface area contributed by atoms with Crippen LogP contribution in [-0.2, 0) is 10.1 Å². The summed E-state index contributed by atoms with van der Waals surface area (Å²) >= 11 is 5.07. The largest absolute Gasteiger partial charge is 0.394 e. The lowest BCUT2D eigenvalue weighted by Crippen LogP contribution is -2.33. The number of imidazole rings is 1. The molecule has 0 aliphatic carbocycles. The SMILES string of the molecule is Nc1ncnc2c1nc(C(F)(F)Cl)n2[C@@H]1O[C@H](CO)[C@@H](O)[C@H]1O. The zero-order valence-electron chi connectivity index (χ0n) is 11.3. The van der Waals surface area contributed by atoms with Gasteiger partial charge in [0.15, 0.2) is 23.2 Å². The number of anilines is 1. The smallest absolute Gasteiger partial charge is 0.380 e. The monoisotopic (exact) mass is 351 g/mol. The van der Waals surface area contributed by atoms with E-state index in [0.717, 1.165) is 10.9 Å². The Morgan fingerprint density at radius 3 is 2.61 bits per heavy atom. The van der Waals surface area contributed by atoms with Crippen LogP contribution in [0.3, 0.4) is 0 Å². The van der Waals surface area contributed by atoms with Gasteiger partial charge in [-0.3, -0.25) is 4.57 Å². The van der Waals surface area contributed by atoms with E-state index in [1.54, 1.807) is 0 Å². The average molecular weight is 352 g/mol. The molecule has 5 N–H and O–H groups in total. The number of nitrogens with two attached hydrogens (primary N) is 1. The Morgan fingerprint density at radius 2 is 2.04 bits per heavy atom. The highest BCUT2D eigenvalue weighted by atomic mass is 35.5. The first-order chi connectivity index (χ1) is 10.8. The van der Waals surface area contributed by atoms with Crippen molar-refractivity contribution in [2.24, 2.45) is 0 Å². The highest BCUT2D eigenvalue weighted by Gasteiger charge is 2.47. The minimum absolute atomic E-state index is 0.150. The first kappa shape index (κ1) is 16.2. The third-order valence-electron chi connectivity index (χ3n) is 3.53. The second kappa shape index (κ2) is 5.46. The molecular weight excluding hydrogens is 340 g/mol. The fourth-order valence-electron chi connectivity index (χ4n) is 2.46. The second-order valence-electron chi connectivity index (χ2n) is 4.96. The van der Waals surface area contributed by atoms with Gasteiger partial charge in [-0.15, -0.1) is 0 Å². The number of fused-ring (bicyclic) bond motifs is 1. The lowest BCUT2D eigenvalue weighted by atomic mass is 10.1. The molecule has 126 valence electrons. The van der Waals surface area contributed by atoms with Crippen molar-refractivity contribution in [3.63, 3.8) is 0 Å². The molecule has 4 atom stereocenters. The summed E-state index contributed by atoms with van der Waals surface area (Å²) in [6.45, 7) is -0.620. The zero-order chi connectivity index (χ0) is 16.9. The summed E-state index contributed by atoms with van der Waals surface area (Å²) in [7, 11) is 0.